The summed E-state index contributed by atoms with van der Waals surface area (Å²) in [6.07, 6.45) is 4.74. The summed E-state index contributed by atoms with van der Waals surface area (Å²) in [7, 11) is 0. The lowest BCUT2D eigenvalue weighted by Crippen LogP contribution is -2.16. The van der Waals surface area contributed by atoms with Crippen molar-refractivity contribution in [3.8, 4) is 23.0 Å². The number of carbonyl (C=O) groups excluding carboxylic acids is 4. The minimum atomic E-state index is -0.679. The van der Waals surface area contributed by atoms with Gasteiger partial charge in [0.25, 0.3) is 0 Å². The molecule has 1 aliphatic rings. The van der Waals surface area contributed by atoms with Gasteiger partial charge in [0.1, 0.15) is 0 Å². The van der Waals surface area contributed by atoms with E-state index in [9.17, 15) is 19.2 Å². The maximum Gasteiger partial charge on any atom is 0.338 e. The first kappa shape index (κ1) is 32.8. The molecule has 43 heavy (non-hydrogen) atoms. The summed E-state index contributed by atoms with van der Waals surface area (Å²) in [6, 6.07) is 9.97. The average molecular weight is 587 g/mol. The van der Waals surface area contributed by atoms with Crippen molar-refractivity contribution < 1.29 is 38.1 Å². The van der Waals surface area contributed by atoms with Crippen LogP contribution in [-0.2, 0) is 19.2 Å². The molecule has 0 amide bonds. The molecule has 0 radical (unpaired) electrons. The lowest BCUT2D eigenvalue weighted by Gasteiger charge is -2.22. The van der Waals surface area contributed by atoms with Crippen LogP contribution in [0.1, 0.15) is 77.8 Å². The number of hydrogen-bond acceptors (Lipinski definition) is 8. The smallest absolute Gasteiger partial charge is 0.338 e. The van der Waals surface area contributed by atoms with Crippen molar-refractivity contribution in [1.82, 2.24) is 0 Å². The number of benzene rings is 2. The SMILES string of the molecule is C=C(C)C(=O)Oc1ccc(C(=C2CCCCC2)c2ccc(OC(=O)C(C)C)c(OC(=O)C(=C)C)c2)cc1OC(=O)C(=C)C. The van der Waals surface area contributed by atoms with Crippen LogP contribution < -0.4 is 18.9 Å². The monoisotopic (exact) mass is 586 g/mol. The fraction of sp³-hybridized carbons (Fsp3) is 0.314. The van der Waals surface area contributed by atoms with Crippen molar-refractivity contribution in [3.05, 3.63) is 89.6 Å². The Kier molecular flexibility index (Phi) is 11.0. The molecule has 0 aromatic heterocycles. The lowest BCUT2D eigenvalue weighted by molar-refractivity contribution is -0.138. The van der Waals surface area contributed by atoms with Crippen molar-refractivity contribution in [1.29, 1.82) is 0 Å². The zero-order chi connectivity index (χ0) is 31.8. The van der Waals surface area contributed by atoms with E-state index in [0.717, 1.165) is 43.3 Å². The highest BCUT2D eigenvalue weighted by Gasteiger charge is 2.23. The third-order valence-electron chi connectivity index (χ3n) is 6.61. The number of hydrogen-bond donors (Lipinski definition) is 0. The van der Waals surface area contributed by atoms with Gasteiger partial charge < -0.3 is 18.9 Å². The Bertz CT molecular complexity index is 1510. The second-order valence-corrected chi connectivity index (χ2v) is 10.9. The molecular formula is C35H38O8. The third-order valence-corrected chi connectivity index (χ3v) is 6.61. The van der Waals surface area contributed by atoms with Crippen molar-refractivity contribution in [2.75, 3.05) is 0 Å². The van der Waals surface area contributed by atoms with E-state index >= 15 is 0 Å². The van der Waals surface area contributed by atoms with E-state index in [2.05, 4.69) is 19.7 Å². The lowest BCUT2D eigenvalue weighted by atomic mass is 9.85. The van der Waals surface area contributed by atoms with Crippen molar-refractivity contribution >= 4 is 29.5 Å². The zero-order valence-electron chi connectivity index (χ0n) is 25.5. The van der Waals surface area contributed by atoms with E-state index in [0.29, 0.717) is 11.1 Å². The van der Waals surface area contributed by atoms with Crippen LogP contribution in [0.4, 0.5) is 0 Å². The number of allylic oxidation sites excluding steroid dienone is 1. The zero-order valence-corrected chi connectivity index (χ0v) is 25.5. The fourth-order valence-corrected chi connectivity index (χ4v) is 4.25. The summed E-state index contributed by atoms with van der Waals surface area (Å²) < 4.78 is 22.2. The molecule has 0 heterocycles. The van der Waals surface area contributed by atoms with Crippen molar-refractivity contribution in [3.63, 3.8) is 0 Å². The molecule has 1 saturated carbocycles. The van der Waals surface area contributed by atoms with Crippen molar-refractivity contribution in [2.24, 2.45) is 5.92 Å². The normalized spacial score (nSPS) is 12.7. The fourth-order valence-electron chi connectivity index (χ4n) is 4.25. The van der Waals surface area contributed by atoms with E-state index in [1.54, 1.807) is 50.2 Å². The molecule has 0 spiro atoms. The largest absolute Gasteiger partial charge is 0.422 e. The molecule has 2 aromatic carbocycles. The van der Waals surface area contributed by atoms with Crippen LogP contribution in [-0.4, -0.2) is 23.9 Å². The van der Waals surface area contributed by atoms with Crippen LogP contribution in [0.3, 0.4) is 0 Å². The molecule has 1 aliphatic carbocycles. The Hall–Kier alpha value is -4.72. The van der Waals surface area contributed by atoms with E-state index in [1.165, 1.54) is 20.8 Å². The first-order chi connectivity index (χ1) is 20.3. The molecule has 0 saturated heterocycles. The summed E-state index contributed by atoms with van der Waals surface area (Å²) >= 11 is 0. The second kappa shape index (κ2) is 14.4. The average Bonchev–Trinajstić information content (AvgIpc) is 2.95. The first-order valence-electron chi connectivity index (χ1n) is 14.1. The van der Waals surface area contributed by atoms with Gasteiger partial charge in [0.2, 0.25) is 0 Å². The summed E-state index contributed by atoms with van der Waals surface area (Å²) in [5.41, 5.74) is 3.89. The maximum atomic E-state index is 12.5. The van der Waals surface area contributed by atoms with Crippen molar-refractivity contribution in [2.45, 2.75) is 66.7 Å². The van der Waals surface area contributed by atoms with Gasteiger partial charge in [0.05, 0.1) is 5.92 Å². The predicted octanol–water partition coefficient (Wildman–Crippen LogP) is 7.46. The molecule has 3 rings (SSSR count). The molecule has 8 nitrogen and oxygen atoms in total. The van der Waals surface area contributed by atoms with Crippen LogP contribution >= 0.6 is 0 Å². The van der Waals surface area contributed by atoms with Gasteiger partial charge in [-0.2, -0.15) is 0 Å². The topological polar surface area (TPSA) is 105 Å². The standard InChI is InChI=1S/C35H38O8/c1-20(2)32(36)40-27-16-14-25(18-29(27)42-34(38)22(5)6)31(24-12-10-9-11-13-24)26-15-17-28(41-33(37)21(3)4)30(19-26)43-35(39)23(7)8/h14-19,21H,1,5,7,9-13H2,2-4,6,8H3. The molecule has 0 unspecified atom stereocenters. The maximum absolute atomic E-state index is 12.5. The van der Waals surface area contributed by atoms with Crippen LogP contribution in [0, 0.1) is 5.92 Å². The third kappa shape index (κ3) is 8.64. The van der Waals surface area contributed by atoms with Crippen LogP contribution in [0.15, 0.2) is 78.4 Å². The Morgan fingerprint density at radius 3 is 1.40 bits per heavy atom. The van der Waals surface area contributed by atoms with Crippen LogP contribution in [0.2, 0.25) is 0 Å². The molecule has 0 bridgehead atoms. The number of carbonyl (C=O) groups is 4. The summed E-state index contributed by atoms with van der Waals surface area (Å²) in [5.74, 6) is -2.64. The van der Waals surface area contributed by atoms with Gasteiger partial charge in [0, 0.05) is 16.7 Å². The van der Waals surface area contributed by atoms with Gasteiger partial charge in [0.15, 0.2) is 23.0 Å². The van der Waals surface area contributed by atoms with Gasteiger partial charge in [-0.1, -0.05) is 57.7 Å². The molecule has 0 N–H and O–H groups in total. The molecule has 2 aromatic rings. The Morgan fingerprint density at radius 1 is 0.605 bits per heavy atom. The summed E-state index contributed by atoms with van der Waals surface area (Å²) in [4.78, 5) is 49.8. The Labute approximate surface area is 252 Å². The van der Waals surface area contributed by atoms with Gasteiger partial charge in [-0.3, -0.25) is 4.79 Å². The highest BCUT2D eigenvalue weighted by atomic mass is 16.6. The van der Waals surface area contributed by atoms with Gasteiger partial charge in [-0.25, -0.2) is 14.4 Å². The quantitative estimate of drug-likeness (QED) is 0.160. The molecule has 0 atom stereocenters. The summed E-state index contributed by atoms with van der Waals surface area (Å²) in [6.45, 7) is 18.9. The van der Waals surface area contributed by atoms with Crippen LogP contribution in [0.25, 0.3) is 5.57 Å². The Morgan fingerprint density at radius 2 is 1.00 bits per heavy atom. The highest BCUT2D eigenvalue weighted by molar-refractivity contribution is 5.93. The number of esters is 4. The van der Waals surface area contributed by atoms with E-state index < -0.39 is 29.8 Å². The van der Waals surface area contributed by atoms with Crippen LogP contribution in [0.5, 0.6) is 23.0 Å². The van der Waals surface area contributed by atoms with E-state index in [4.69, 9.17) is 18.9 Å². The molecule has 8 heteroatoms. The number of ether oxygens (including phenoxy) is 4. The second-order valence-electron chi connectivity index (χ2n) is 10.9. The molecule has 0 aliphatic heterocycles. The molecule has 1 fully saturated rings. The van der Waals surface area contributed by atoms with E-state index in [-0.39, 0.29) is 39.7 Å². The van der Waals surface area contributed by atoms with Gasteiger partial charge >= 0.3 is 23.9 Å². The summed E-state index contributed by atoms with van der Waals surface area (Å²) in [5, 5.41) is 0. The number of rotatable bonds is 10. The highest BCUT2D eigenvalue weighted by Crippen LogP contribution is 2.41. The first-order valence-corrected chi connectivity index (χ1v) is 14.1. The minimum Gasteiger partial charge on any atom is -0.422 e. The Balaban J connectivity index is 2.22. The molecule has 226 valence electrons. The molecular weight excluding hydrogens is 548 g/mol. The van der Waals surface area contributed by atoms with Gasteiger partial charge in [-0.05, 0) is 87.4 Å². The predicted molar refractivity (Wildman–Crippen MR) is 164 cm³/mol. The minimum absolute atomic E-state index is 0.0328. The van der Waals surface area contributed by atoms with E-state index in [1.807, 2.05) is 0 Å². The van der Waals surface area contributed by atoms with Gasteiger partial charge in [-0.15, -0.1) is 0 Å².